The number of carbonyl (C=O) groups excluding carboxylic acids is 2. The smallest absolute Gasteiger partial charge is 0.276 e. The van der Waals surface area contributed by atoms with Crippen LogP contribution in [0.5, 0.6) is 0 Å². The molecule has 5 rings (SSSR count). The number of fused-ring (bicyclic) bond motifs is 3. The summed E-state index contributed by atoms with van der Waals surface area (Å²) in [4.78, 5) is 29.1. The Morgan fingerprint density at radius 1 is 1.04 bits per heavy atom. The van der Waals surface area contributed by atoms with Gasteiger partial charge in [0, 0.05) is 10.9 Å². The number of anilines is 2. The van der Waals surface area contributed by atoms with Crippen molar-refractivity contribution in [1.29, 1.82) is 0 Å². The fourth-order valence-corrected chi connectivity index (χ4v) is 5.63. The van der Waals surface area contributed by atoms with Crippen LogP contribution in [-0.2, 0) is 4.79 Å². The summed E-state index contributed by atoms with van der Waals surface area (Å²) in [6.07, 6.45) is 4.60. The maximum absolute atomic E-state index is 13.7. The summed E-state index contributed by atoms with van der Waals surface area (Å²) < 4.78 is 0.824. The lowest BCUT2D eigenvalue weighted by atomic mass is 9.81. The molecule has 1 unspecified atom stereocenters. The van der Waals surface area contributed by atoms with E-state index >= 15 is 0 Å². The standard InChI is InChI=1S/C22H22BrN3O2/c1-21-14-22(11-5-6-12-22)20(28)25(21)18-10-9-15(23)13-17(18)19(27)26(21)24-16-7-3-2-4-8-16/h2-4,7-10,13,24H,5-6,11-12,14H2,1H3. The molecule has 5 nitrogen and oxygen atoms in total. The minimum atomic E-state index is -0.741. The van der Waals surface area contributed by atoms with Crippen LogP contribution >= 0.6 is 15.9 Å². The van der Waals surface area contributed by atoms with Gasteiger partial charge in [-0.3, -0.25) is 19.9 Å². The summed E-state index contributed by atoms with van der Waals surface area (Å²) in [5.41, 5.74) is 4.29. The number of hydrogen-bond donors (Lipinski definition) is 1. The van der Waals surface area contributed by atoms with Crippen molar-refractivity contribution in [2.75, 3.05) is 10.3 Å². The average Bonchev–Trinajstić information content (AvgIpc) is 3.24. The van der Waals surface area contributed by atoms with Gasteiger partial charge in [0.2, 0.25) is 5.91 Å². The zero-order chi connectivity index (χ0) is 19.5. The largest absolute Gasteiger partial charge is 0.294 e. The fourth-order valence-electron chi connectivity index (χ4n) is 5.27. The SMILES string of the molecule is CC12CC3(CCCC3)C(=O)N1c1ccc(Br)cc1C(=O)N2Nc1ccccc1. The molecule has 2 aliphatic heterocycles. The lowest BCUT2D eigenvalue weighted by Crippen LogP contribution is -2.64. The molecule has 2 aromatic carbocycles. The van der Waals surface area contributed by atoms with Crippen LogP contribution in [0.15, 0.2) is 53.0 Å². The summed E-state index contributed by atoms with van der Waals surface area (Å²) >= 11 is 3.47. The van der Waals surface area contributed by atoms with Gasteiger partial charge in [-0.05, 0) is 50.1 Å². The summed E-state index contributed by atoms with van der Waals surface area (Å²) in [5, 5.41) is 1.67. The Balaban J connectivity index is 1.67. The third-order valence-electron chi connectivity index (χ3n) is 6.50. The second-order valence-corrected chi connectivity index (χ2v) is 9.22. The van der Waals surface area contributed by atoms with E-state index in [1.54, 1.807) is 5.01 Å². The molecule has 1 saturated carbocycles. The zero-order valence-electron chi connectivity index (χ0n) is 15.7. The maximum Gasteiger partial charge on any atom is 0.276 e. The van der Waals surface area contributed by atoms with Gasteiger partial charge in [0.15, 0.2) is 0 Å². The monoisotopic (exact) mass is 439 g/mol. The van der Waals surface area contributed by atoms with Gasteiger partial charge in [-0.15, -0.1) is 0 Å². The fraction of sp³-hybridized carbons (Fsp3) is 0.364. The number of rotatable bonds is 2. The third-order valence-corrected chi connectivity index (χ3v) is 7.00. The van der Waals surface area contributed by atoms with Crippen molar-refractivity contribution >= 4 is 39.1 Å². The van der Waals surface area contributed by atoms with Crippen molar-refractivity contribution in [3.63, 3.8) is 0 Å². The summed E-state index contributed by atoms with van der Waals surface area (Å²) in [5.74, 6) is 0.0465. The number of carbonyl (C=O) groups is 2. The van der Waals surface area contributed by atoms with Crippen molar-refractivity contribution < 1.29 is 9.59 Å². The van der Waals surface area contributed by atoms with E-state index in [4.69, 9.17) is 0 Å². The summed E-state index contributed by atoms with van der Waals surface area (Å²) in [7, 11) is 0. The molecule has 2 heterocycles. The van der Waals surface area contributed by atoms with Crippen LogP contribution in [0.1, 0.15) is 49.4 Å². The molecule has 144 valence electrons. The van der Waals surface area contributed by atoms with Crippen LogP contribution in [0.2, 0.25) is 0 Å². The van der Waals surface area contributed by atoms with Gasteiger partial charge in [0.25, 0.3) is 5.91 Å². The van der Waals surface area contributed by atoms with Gasteiger partial charge in [-0.25, -0.2) is 5.01 Å². The van der Waals surface area contributed by atoms with Gasteiger partial charge in [0.05, 0.1) is 22.4 Å². The molecule has 0 bridgehead atoms. The molecule has 28 heavy (non-hydrogen) atoms. The highest BCUT2D eigenvalue weighted by atomic mass is 79.9. The number of amides is 2. The second kappa shape index (κ2) is 6.08. The highest BCUT2D eigenvalue weighted by Gasteiger charge is 2.64. The lowest BCUT2D eigenvalue weighted by molar-refractivity contribution is -0.125. The normalized spacial score (nSPS) is 25.2. The quantitative estimate of drug-likeness (QED) is 0.720. The van der Waals surface area contributed by atoms with Crippen LogP contribution in [0, 0.1) is 5.41 Å². The van der Waals surface area contributed by atoms with Crippen molar-refractivity contribution in [2.24, 2.45) is 5.41 Å². The first kappa shape index (κ1) is 17.7. The van der Waals surface area contributed by atoms with E-state index in [2.05, 4.69) is 21.4 Å². The molecular weight excluding hydrogens is 418 g/mol. The van der Waals surface area contributed by atoms with Crippen LogP contribution in [0.3, 0.4) is 0 Å². The van der Waals surface area contributed by atoms with E-state index in [-0.39, 0.29) is 17.2 Å². The molecule has 2 aromatic rings. The molecule has 1 saturated heterocycles. The average molecular weight is 440 g/mol. The third kappa shape index (κ3) is 2.37. The predicted molar refractivity (Wildman–Crippen MR) is 112 cm³/mol. The first-order chi connectivity index (χ1) is 13.4. The van der Waals surface area contributed by atoms with Gasteiger partial charge in [0.1, 0.15) is 5.66 Å². The Morgan fingerprint density at radius 3 is 2.46 bits per heavy atom. The van der Waals surface area contributed by atoms with E-state index in [1.807, 2.05) is 60.4 Å². The molecule has 1 spiro atoms. The van der Waals surface area contributed by atoms with Crippen LogP contribution in [0.4, 0.5) is 11.4 Å². The molecule has 2 amide bonds. The van der Waals surface area contributed by atoms with Gasteiger partial charge >= 0.3 is 0 Å². The van der Waals surface area contributed by atoms with Gasteiger partial charge < -0.3 is 0 Å². The summed E-state index contributed by atoms with van der Waals surface area (Å²) in [6, 6.07) is 15.3. The molecule has 6 heteroatoms. The Morgan fingerprint density at radius 2 is 1.75 bits per heavy atom. The number of nitrogens with zero attached hydrogens (tertiary/aromatic N) is 2. The molecule has 1 N–H and O–H groups in total. The van der Waals surface area contributed by atoms with Crippen molar-refractivity contribution in [1.82, 2.24) is 5.01 Å². The zero-order valence-corrected chi connectivity index (χ0v) is 17.3. The van der Waals surface area contributed by atoms with E-state index < -0.39 is 5.66 Å². The lowest BCUT2D eigenvalue weighted by Gasteiger charge is -2.48. The highest BCUT2D eigenvalue weighted by molar-refractivity contribution is 9.10. The Kier molecular flexibility index (Phi) is 3.85. The number of halogens is 1. The number of hydrogen-bond acceptors (Lipinski definition) is 3. The Bertz CT molecular complexity index is 971. The second-order valence-electron chi connectivity index (χ2n) is 8.30. The van der Waals surface area contributed by atoms with Crippen molar-refractivity contribution in [3.05, 3.63) is 58.6 Å². The molecule has 1 aliphatic carbocycles. The molecule has 0 radical (unpaired) electrons. The topological polar surface area (TPSA) is 52.7 Å². The number of para-hydroxylation sites is 1. The number of hydrazine groups is 1. The first-order valence-corrected chi connectivity index (χ1v) is 10.5. The van der Waals surface area contributed by atoms with E-state index in [1.165, 1.54) is 0 Å². The van der Waals surface area contributed by atoms with E-state index in [9.17, 15) is 9.59 Å². The van der Waals surface area contributed by atoms with Crippen LogP contribution < -0.4 is 10.3 Å². The van der Waals surface area contributed by atoms with Gasteiger partial charge in [-0.1, -0.05) is 47.0 Å². The van der Waals surface area contributed by atoms with Crippen LogP contribution in [-0.4, -0.2) is 22.5 Å². The van der Waals surface area contributed by atoms with E-state index in [0.29, 0.717) is 12.0 Å². The molecular formula is C22H22BrN3O2. The molecule has 1 atom stereocenters. The minimum Gasteiger partial charge on any atom is -0.294 e. The number of benzene rings is 2. The first-order valence-electron chi connectivity index (χ1n) is 9.75. The Hall–Kier alpha value is -2.34. The van der Waals surface area contributed by atoms with Crippen molar-refractivity contribution in [3.8, 4) is 0 Å². The Labute approximate surface area is 172 Å². The van der Waals surface area contributed by atoms with Crippen molar-refractivity contribution in [2.45, 2.75) is 44.7 Å². The highest BCUT2D eigenvalue weighted by Crippen LogP contribution is 2.57. The predicted octanol–water partition coefficient (Wildman–Crippen LogP) is 4.95. The molecule has 0 aromatic heterocycles. The van der Waals surface area contributed by atoms with E-state index in [0.717, 1.165) is 41.5 Å². The summed E-state index contributed by atoms with van der Waals surface area (Å²) in [6.45, 7) is 2.01. The molecule has 3 aliphatic rings. The van der Waals surface area contributed by atoms with Crippen LogP contribution in [0.25, 0.3) is 0 Å². The maximum atomic E-state index is 13.7. The minimum absolute atomic E-state index is 0.109. The van der Waals surface area contributed by atoms with Gasteiger partial charge in [-0.2, -0.15) is 0 Å². The number of nitrogens with one attached hydrogen (secondary N) is 1. The molecule has 2 fully saturated rings.